The first kappa shape index (κ1) is 14.0. The van der Waals surface area contributed by atoms with Gasteiger partial charge in [-0.1, -0.05) is 54.6 Å². The molecule has 0 fully saturated rings. The van der Waals surface area contributed by atoms with Crippen molar-refractivity contribution in [3.63, 3.8) is 0 Å². The first-order valence-electron chi connectivity index (χ1n) is 8.96. The Kier molecular flexibility index (Phi) is 3.09. The highest BCUT2D eigenvalue weighted by Gasteiger charge is 2.39. The number of fused-ring (bicyclic) bond motifs is 4. The number of rotatable bonds is 1. The van der Waals surface area contributed by atoms with Gasteiger partial charge in [0.1, 0.15) is 0 Å². The van der Waals surface area contributed by atoms with Crippen LogP contribution in [-0.2, 0) is 11.2 Å². The normalized spacial score (nSPS) is 22.3. The van der Waals surface area contributed by atoms with Gasteiger partial charge in [-0.15, -0.1) is 0 Å². The molecule has 0 saturated heterocycles. The first-order chi connectivity index (χ1) is 11.8. The molecule has 5 rings (SSSR count). The van der Waals surface area contributed by atoms with Gasteiger partial charge >= 0.3 is 0 Å². The molecule has 0 unspecified atom stereocenters. The van der Waals surface area contributed by atoms with Crippen molar-refractivity contribution < 1.29 is 4.79 Å². The topological polar surface area (TPSA) is 17.1 Å². The number of carbonyl (C=O) groups is 1. The largest absolute Gasteiger partial charge is 0.294 e. The highest BCUT2D eigenvalue weighted by Crippen LogP contribution is 2.51. The number of Topliss-reactive ketones (excluding diaryl/α,β-unsaturated/α-hetero) is 1. The molecule has 2 aromatic carbocycles. The second-order valence-electron chi connectivity index (χ2n) is 7.13. The maximum absolute atomic E-state index is 12.8. The molecule has 24 heavy (non-hydrogen) atoms. The fourth-order valence-electron chi connectivity index (χ4n) is 4.85. The van der Waals surface area contributed by atoms with Crippen molar-refractivity contribution in [2.75, 3.05) is 0 Å². The first-order valence-corrected chi connectivity index (χ1v) is 8.96. The maximum atomic E-state index is 12.8. The lowest BCUT2D eigenvalue weighted by atomic mass is 9.72. The van der Waals surface area contributed by atoms with E-state index in [1.807, 2.05) is 18.2 Å². The van der Waals surface area contributed by atoms with Gasteiger partial charge in [0.15, 0.2) is 5.78 Å². The minimum absolute atomic E-state index is 0.341. The Labute approximate surface area is 142 Å². The number of aryl methyl sites for hydroxylation is 1. The van der Waals surface area contributed by atoms with Gasteiger partial charge in [-0.25, -0.2) is 0 Å². The lowest BCUT2D eigenvalue weighted by molar-refractivity contribution is -0.113. The van der Waals surface area contributed by atoms with Crippen LogP contribution in [0.5, 0.6) is 0 Å². The van der Waals surface area contributed by atoms with E-state index in [0.717, 1.165) is 36.8 Å². The Morgan fingerprint density at radius 3 is 2.46 bits per heavy atom. The molecule has 1 heteroatoms. The Hall–Kier alpha value is -2.41. The van der Waals surface area contributed by atoms with Crippen LogP contribution in [0.1, 0.15) is 42.4 Å². The molecular weight excluding hydrogens is 292 g/mol. The average Bonchev–Trinajstić information content (AvgIpc) is 2.98. The summed E-state index contributed by atoms with van der Waals surface area (Å²) in [6.45, 7) is 0. The van der Waals surface area contributed by atoms with Crippen LogP contribution in [0.15, 0.2) is 65.7 Å². The Morgan fingerprint density at radius 2 is 1.58 bits per heavy atom. The van der Waals surface area contributed by atoms with Crippen molar-refractivity contribution in [2.45, 2.75) is 32.1 Å². The van der Waals surface area contributed by atoms with E-state index in [-0.39, 0.29) is 0 Å². The molecule has 0 N–H and O–H groups in total. The number of benzene rings is 2. The van der Waals surface area contributed by atoms with Crippen LogP contribution in [0.25, 0.3) is 11.1 Å². The summed E-state index contributed by atoms with van der Waals surface area (Å²) in [6, 6.07) is 19.1. The predicted molar refractivity (Wildman–Crippen MR) is 97.4 cm³/mol. The van der Waals surface area contributed by atoms with Crippen molar-refractivity contribution in [3.05, 3.63) is 82.4 Å². The van der Waals surface area contributed by atoms with E-state index in [1.54, 1.807) is 0 Å². The van der Waals surface area contributed by atoms with E-state index in [1.165, 1.54) is 27.8 Å². The molecule has 1 nitrogen and oxygen atoms in total. The van der Waals surface area contributed by atoms with Gasteiger partial charge in [-0.3, -0.25) is 4.79 Å². The molecule has 2 aromatic rings. The van der Waals surface area contributed by atoms with Gasteiger partial charge in [0.25, 0.3) is 0 Å². The third-order valence-corrected chi connectivity index (χ3v) is 5.87. The quantitative estimate of drug-likeness (QED) is 0.705. The fourth-order valence-corrected chi connectivity index (χ4v) is 4.85. The summed E-state index contributed by atoms with van der Waals surface area (Å²) in [5.41, 5.74) is 9.37. The van der Waals surface area contributed by atoms with Crippen molar-refractivity contribution in [1.82, 2.24) is 0 Å². The fraction of sp³-hybridized carbons (Fsp3) is 0.261. The SMILES string of the molecule is O=C1C[C@H]2CCC3=C(CCc4ccccc43)C2=C1c1ccccc1. The third kappa shape index (κ3) is 1.97. The van der Waals surface area contributed by atoms with Crippen LogP contribution >= 0.6 is 0 Å². The molecule has 0 heterocycles. The molecule has 0 bridgehead atoms. The zero-order chi connectivity index (χ0) is 16.1. The summed E-state index contributed by atoms with van der Waals surface area (Å²) in [4.78, 5) is 12.8. The molecule has 1 atom stereocenters. The minimum atomic E-state index is 0.341. The molecule has 0 spiro atoms. The molecular formula is C23H20O. The molecule has 0 saturated carbocycles. The van der Waals surface area contributed by atoms with Gasteiger partial charge in [0, 0.05) is 12.0 Å². The van der Waals surface area contributed by atoms with Gasteiger partial charge in [-0.2, -0.15) is 0 Å². The summed E-state index contributed by atoms with van der Waals surface area (Å²) < 4.78 is 0. The second-order valence-corrected chi connectivity index (χ2v) is 7.13. The molecule has 3 aliphatic carbocycles. The van der Waals surface area contributed by atoms with Crippen LogP contribution < -0.4 is 0 Å². The number of hydrogen-bond donors (Lipinski definition) is 0. The van der Waals surface area contributed by atoms with Crippen LogP contribution in [0.4, 0.5) is 0 Å². The molecule has 0 aromatic heterocycles. The van der Waals surface area contributed by atoms with E-state index >= 15 is 0 Å². The molecule has 0 aliphatic heterocycles. The van der Waals surface area contributed by atoms with Crippen LogP contribution in [-0.4, -0.2) is 5.78 Å². The van der Waals surface area contributed by atoms with E-state index < -0.39 is 0 Å². The standard InChI is InChI=1S/C23H20O/c24-21-14-17-11-12-19-18-9-5-4-6-15(18)10-13-20(19)22(17)23(21)16-7-2-1-3-8-16/h1-9,17H,10-14H2/t17-/m1/s1. The van der Waals surface area contributed by atoms with Gasteiger partial charge in [0.2, 0.25) is 0 Å². The summed E-state index contributed by atoms with van der Waals surface area (Å²) in [6.07, 6.45) is 5.13. The maximum Gasteiger partial charge on any atom is 0.164 e. The van der Waals surface area contributed by atoms with E-state index in [9.17, 15) is 4.79 Å². The predicted octanol–water partition coefficient (Wildman–Crippen LogP) is 5.22. The number of carbonyl (C=O) groups excluding carboxylic acids is 1. The Bertz CT molecular complexity index is 899. The zero-order valence-corrected chi connectivity index (χ0v) is 13.7. The Morgan fingerprint density at radius 1 is 0.792 bits per heavy atom. The van der Waals surface area contributed by atoms with Crippen molar-refractivity contribution in [2.24, 2.45) is 5.92 Å². The van der Waals surface area contributed by atoms with E-state index in [2.05, 4.69) is 36.4 Å². The number of ketones is 1. The number of allylic oxidation sites excluding steroid dienone is 4. The lowest BCUT2D eigenvalue weighted by Crippen LogP contribution is -2.16. The molecule has 0 amide bonds. The zero-order valence-electron chi connectivity index (χ0n) is 13.7. The smallest absolute Gasteiger partial charge is 0.164 e. The van der Waals surface area contributed by atoms with Gasteiger partial charge < -0.3 is 0 Å². The molecule has 118 valence electrons. The number of hydrogen-bond acceptors (Lipinski definition) is 1. The lowest BCUT2D eigenvalue weighted by Gasteiger charge is -2.32. The Balaban J connectivity index is 1.75. The highest BCUT2D eigenvalue weighted by molar-refractivity contribution is 6.25. The van der Waals surface area contributed by atoms with Crippen molar-refractivity contribution in [3.8, 4) is 0 Å². The average molecular weight is 312 g/mol. The van der Waals surface area contributed by atoms with Crippen LogP contribution in [0.3, 0.4) is 0 Å². The minimum Gasteiger partial charge on any atom is -0.294 e. The van der Waals surface area contributed by atoms with Crippen molar-refractivity contribution >= 4 is 16.9 Å². The molecule has 0 radical (unpaired) electrons. The van der Waals surface area contributed by atoms with E-state index in [4.69, 9.17) is 0 Å². The summed E-state index contributed by atoms with van der Waals surface area (Å²) in [7, 11) is 0. The molecule has 3 aliphatic rings. The monoisotopic (exact) mass is 312 g/mol. The summed E-state index contributed by atoms with van der Waals surface area (Å²) in [5, 5.41) is 0. The summed E-state index contributed by atoms with van der Waals surface area (Å²) in [5.74, 6) is 0.783. The highest BCUT2D eigenvalue weighted by atomic mass is 16.1. The van der Waals surface area contributed by atoms with E-state index in [0.29, 0.717) is 18.1 Å². The van der Waals surface area contributed by atoms with Crippen LogP contribution in [0.2, 0.25) is 0 Å². The van der Waals surface area contributed by atoms with Crippen molar-refractivity contribution in [1.29, 1.82) is 0 Å². The third-order valence-electron chi connectivity index (χ3n) is 5.87. The van der Waals surface area contributed by atoms with Crippen LogP contribution in [0, 0.1) is 5.92 Å². The second kappa shape index (κ2) is 5.31. The summed E-state index contributed by atoms with van der Waals surface area (Å²) >= 11 is 0. The van der Waals surface area contributed by atoms with Gasteiger partial charge in [-0.05, 0) is 65.0 Å². The van der Waals surface area contributed by atoms with Gasteiger partial charge in [0.05, 0.1) is 0 Å².